The fraction of sp³-hybridized carbons (Fsp3) is 0.643. The number of hydrogen-bond donors (Lipinski definition) is 2. The molecule has 1 aliphatic heterocycles. The number of aliphatic hydroxyl groups excluding tert-OH is 1. The molecule has 2 heterocycles. The molecule has 0 spiro atoms. The van der Waals surface area contributed by atoms with Crippen molar-refractivity contribution in [3.05, 3.63) is 18.7 Å². The number of carboxylic acid groups (broad SMARTS) is 1. The zero-order valence-corrected chi connectivity index (χ0v) is 12.1. The van der Waals surface area contributed by atoms with Crippen molar-refractivity contribution in [2.45, 2.75) is 50.8 Å². The van der Waals surface area contributed by atoms with Crippen LogP contribution >= 0.6 is 0 Å². The van der Waals surface area contributed by atoms with Crippen LogP contribution in [-0.4, -0.2) is 55.2 Å². The molecule has 0 bridgehead atoms. The van der Waals surface area contributed by atoms with E-state index < -0.39 is 18.1 Å². The first-order chi connectivity index (χ1) is 10.0. The summed E-state index contributed by atoms with van der Waals surface area (Å²) in [4.78, 5) is 28.9. The van der Waals surface area contributed by atoms with Crippen molar-refractivity contribution >= 4 is 11.9 Å². The van der Waals surface area contributed by atoms with Crippen LogP contribution in [0, 0.1) is 0 Å². The van der Waals surface area contributed by atoms with Crippen LogP contribution in [0.1, 0.15) is 38.6 Å². The van der Waals surface area contributed by atoms with E-state index in [4.69, 9.17) is 5.11 Å². The normalized spacial score (nSPS) is 23.2. The van der Waals surface area contributed by atoms with Gasteiger partial charge in [0.2, 0.25) is 5.91 Å². The third kappa shape index (κ3) is 3.60. The maximum atomic E-state index is 12.4. The van der Waals surface area contributed by atoms with Crippen molar-refractivity contribution in [1.82, 2.24) is 14.5 Å². The summed E-state index contributed by atoms with van der Waals surface area (Å²) in [7, 11) is 0. The minimum atomic E-state index is -1.06. The highest BCUT2D eigenvalue weighted by Crippen LogP contribution is 2.24. The summed E-state index contributed by atoms with van der Waals surface area (Å²) < 4.78 is 1.88. The molecule has 0 aliphatic carbocycles. The molecular weight excluding hydrogens is 274 g/mol. The number of aromatic nitrogens is 2. The van der Waals surface area contributed by atoms with Crippen LogP contribution in [0.5, 0.6) is 0 Å². The fourth-order valence-corrected chi connectivity index (χ4v) is 2.82. The monoisotopic (exact) mass is 295 g/mol. The van der Waals surface area contributed by atoms with Crippen LogP contribution in [0.4, 0.5) is 0 Å². The predicted octanol–water partition coefficient (Wildman–Crippen LogP) is 0.661. The maximum Gasteiger partial charge on any atom is 0.326 e. The van der Waals surface area contributed by atoms with Crippen molar-refractivity contribution in [2.75, 3.05) is 6.54 Å². The van der Waals surface area contributed by atoms with E-state index in [-0.39, 0.29) is 31.3 Å². The van der Waals surface area contributed by atoms with E-state index in [1.54, 1.807) is 18.7 Å². The molecule has 1 saturated heterocycles. The number of carbonyl (C=O) groups is 2. The van der Waals surface area contributed by atoms with Gasteiger partial charge in [-0.3, -0.25) is 4.79 Å². The van der Waals surface area contributed by atoms with Gasteiger partial charge < -0.3 is 19.7 Å². The fourth-order valence-electron chi connectivity index (χ4n) is 2.82. The van der Waals surface area contributed by atoms with E-state index in [1.807, 2.05) is 11.5 Å². The summed E-state index contributed by atoms with van der Waals surface area (Å²) in [6, 6.07) is -0.949. The zero-order chi connectivity index (χ0) is 15.4. The first-order valence-electron chi connectivity index (χ1n) is 7.20. The lowest BCUT2D eigenvalue weighted by molar-refractivity contribution is -0.148. The Balaban J connectivity index is 2.06. The summed E-state index contributed by atoms with van der Waals surface area (Å²) in [5.74, 6) is -1.29. The van der Waals surface area contributed by atoms with Gasteiger partial charge in [0.15, 0.2) is 0 Å². The molecular formula is C14H21N3O4. The van der Waals surface area contributed by atoms with Gasteiger partial charge in [-0.2, -0.15) is 0 Å². The van der Waals surface area contributed by atoms with E-state index in [2.05, 4.69) is 4.98 Å². The highest BCUT2D eigenvalue weighted by molar-refractivity contribution is 5.84. The number of rotatable bonds is 6. The standard InChI is InChI=1S/C14H21N3O4/c1-2-3-10(16-5-4-15-9-16)6-13(19)17-8-11(18)7-12(17)14(20)21/h4-5,9-12,18H,2-3,6-8H2,1H3,(H,20,21)/t10?,11-,12-/m0/s1. The Hall–Kier alpha value is -1.89. The molecule has 7 nitrogen and oxygen atoms in total. The number of imidazole rings is 1. The van der Waals surface area contributed by atoms with Crippen molar-refractivity contribution in [1.29, 1.82) is 0 Å². The minimum absolute atomic E-state index is 0.0304. The van der Waals surface area contributed by atoms with Gasteiger partial charge in [-0.25, -0.2) is 9.78 Å². The van der Waals surface area contributed by atoms with Gasteiger partial charge in [0.25, 0.3) is 0 Å². The Labute approximate surface area is 123 Å². The Morgan fingerprint density at radius 2 is 2.24 bits per heavy atom. The van der Waals surface area contributed by atoms with Crippen LogP contribution in [0.3, 0.4) is 0 Å². The van der Waals surface area contributed by atoms with Gasteiger partial charge in [0.05, 0.1) is 12.4 Å². The number of nitrogens with zero attached hydrogens (tertiary/aromatic N) is 3. The zero-order valence-electron chi connectivity index (χ0n) is 12.1. The summed E-state index contributed by atoms with van der Waals surface area (Å²) in [5.41, 5.74) is 0. The van der Waals surface area contributed by atoms with Crippen molar-refractivity contribution in [3.63, 3.8) is 0 Å². The summed E-state index contributed by atoms with van der Waals surface area (Å²) >= 11 is 0. The van der Waals surface area contributed by atoms with E-state index in [0.717, 1.165) is 12.8 Å². The molecule has 21 heavy (non-hydrogen) atoms. The summed E-state index contributed by atoms with van der Waals surface area (Å²) in [5, 5.41) is 18.8. The van der Waals surface area contributed by atoms with Crippen molar-refractivity contribution in [2.24, 2.45) is 0 Å². The highest BCUT2D eigenvalue weighted by atomic mass is 16.4. The quantitative estimate of drug-likeness (QED) is 0.804. The molecule has 1 aliphatic rings. The maximum absolute atomic E-state index is 12.4. The van der Waals surface area contributed by atoms with E-state index in [9.17, 15) is 14.7 Å². The minimum Gasteiger partial charge on any atom is -0.480 e. The second kappa shape index (κ2) is 6.71. The molecule has 0 aromatic carbocycles. The SMILES string of the molecule is CCCC(CC(=O)N1C[C@@H](O)C[C@H]1C(=O)O)n1ccnc1. The average molecular weight is 295 g/mol. The Morgan fingerprint density at radius 1 is 1.48 bits per heavy atom. The number of carboxylic acids is 1. The van der Waals surface area contributed by atoms with Crippen LogP contribution in [0.15, 0.2) is 18.7 Å². The average Bonchev–Trinajstić information content (AvgIpc) is 3.06. The molecule has 2 rings (SSSR count). The molecule has 116 valence electrons. The molecule has 7 heteroatoms. The smallest absolute Gasteiger partial charge is 0.326 e. The number of aliphatic carboxylic acids is 1. The number of likely N-dealkylation sites (tertiary alicyclic amines) is 1. The molecule has 1 unspecified atom stereocenters. The van der Waals surface area contributed by atoms with Crippen molar-refractivity contribution < 1.29 is 19.8 Å². The number of hydrogen-bond acceptors (Lipinski definition) is 4. The molecule has 1 aromatic heterocycles. The number of β-amino-alcohol motifs (C(OH)–C–C–N with tert-alkyl or cyclic N) is 1. The molecule has 1 fully saturated rings. The number of aliphatic hydroxyl groups is 1. The number of amides is 1. The molecule has 0 radical (unpaired) electrons. The largest absolute Gasteiger partial charge is 0.480 e. The second-order valence-electron chi connectivity index (χ2n) is 5.45. The van der Waals surface area contributed by atoms with Gasteiger partial charge in [0.1, 0.15) is 6.04 Å². The molecule has 1 amide bonds. The Morgan fingerprint density at radius 3 is 2.81 bits per heavy atom. The third-order valence-electron chi connectivity index (χ3n) is 3.86. The van der Waals surface area contributed by atoms with Crippen molar-refractivity contribution in [3.8, 4) is 0 Å². The van der Waals surface area contributed by atoms with Gasteiger partial charge in [-0.05, 0) is 6.42 Å². The first-order valence-corrected chi connectivity index (χ1v) is 7.20. The molecule has 3 atom stereocenters. The molecule has 2 N–H and O–H groups in total. The van der Waals surface area contributed by atoms with E-state index in [1.165, 1.54) is 4.90 Å². The van der Waals surface area contributed by atoms with Gasteiger partial charge in [-0.1, -0.05) is 13.3 Å². The summed E-state index contributed by atoms with van der Waals surface area (Å²) in [6.45, 7) is 2.13. The predicted molar refractivity (Wildman–Crippen MR) is 74.5 cm³/mol. The second-order valence-corrected chi connectivity index (χ2v) is 5.45. The Kier molecular flexibility index (Phi) is 4.95. The topological polar surface area (TPSA) is 95.7 Å². The van der Waals surface area contributed by atoms with Crippen LogP contribution in [-0.2, 0) is 9.59 Å². The van der Waals surface area contributed by atoms with Crippen LogP contribution in [0.25, 0.3) is 0 Å². The lowest BCUT2D eigenvalue weighted by Crippen LogP contribution is -2.41. The lowest BCUT2D eigenvalue weighted by atomic mass is 10.1. The lowest BCUT2D eigenvalue weighted by Gasteiger charge is -2.24. The summed E-state index contributed by atoms with van der Waals surface area (Å²) in [6.07, 6.45) is 6.44. The highest BCUT2D eigenvalue weighted by Gasteiger charge is 2.39. The van der Waals surface area contributed by atoms with Gasteiger partial charge >= 0.3 is 5.97 Å². The van der Waals surface area contributed by atoms with E-state index in [0.29, 0.717) is 0 Å². The molecule has 1 aromatic rings. The first kappa shape index (κ1) is 15.5. The third-order valence-corrected chi connectivity index (χ3v) is 3.86. The van der Waals surface area contributed by atoms with Gasteiger partial charge in [0, 0.05) is 37.8 Å². The molecule has 0 saturated carbocycles. The Bertz CT molecular complexity index is 488. The van der Waals surface area contributed by atoms with Gasteiger partial charge in [-0.15, -0.1) is 0 Å². The van der Waals surface area contributed by atoms with E-state index >= 15 is 0 Å². The number of carbonyl (C=O) groups excluding carboxylic acids is 1. The van der Waals surface area contributed by atoms with Crippen LogP contribution < -0.4 is 0 Å². The van der Waals surface area contributed by atoms with Crippen LogP contribution in [0.2, 0.25) is 0 Å².